The molecule has 0 aliphatic rings. The highest BCUT2D eigenvalue weighted by Crippen LogP contribution is 2.22. The van der Waals surface area contributed by atoms with Crippen molar-refractivity contribution in [2.24, 2.45) is 0 Å². The minimum Gasteiger partial charge on any atom is -0.333 e. The van der Waals surface area contributed by atoms with Gasteiger partial charge in [0, 0.05) is 25.3 Å². The van der Waals surface area contributed by atoms with Gasteiger partial charge in [-0.15, -0.1) is 0 Å². The zero-order chi connectivity index (χ0) is 21.1. The molecule has 152 valence electrons. The van der Waals surface area contributed by atoms with Gasteiger partial charge in [-0.2, -0.15) is 0 Å². The highest BCUT2D eigenvalue weighted by Gasteiger charge is 2.19. The topological polar surface area (TPSA) is 83.1 Å². The molecule has 0 unspecified atom stereocenters. The van der Waals surface area contributed by atoms with Crippen LogP contribution < -0.4 is 10.6 Å². The molecule has 0 bridgehead atoms. The number of nitrogens with one attached hydrogen (secondary N) is 1. The lowest BCUT2D eigenvalue weighted by Crippen LogP contribution is -2.86. The Morgan fingerprint density at radius 2 is 1.82 bits per heavy atom. The third-order valence-corrected chi connectivity index (χ3v) is 6.20. The molecular weight excluding hydrogens is 388 g/mol. The highest BCUT2D eigenvalue weighted by molar-refractivity contribution is 7.89. The van der Waals surface area contributed by atoms with Crippen molar-refractivity contribution < 1.29 is 27.3 Å². The van der Waals surface area contributed by atoms with Gasteiger partial charge in [-0.25, -0.2) is 21.5 Å². The Labute approximate surface area is 163 Å². The van der Waals surface area contributed by atoms with Crippen molar-refractivity contribution in [3.8, 4) is 0 Å². The van der Waals surface area contributed by atoms with Gasteiger partial charge < -0.3 is 10.6 Å². The fourth-order valence-corrected chi connectivity index (χ4v) is 3.45. The molecule has 0 spiro atoms. The lowest BCUT2D eigenvalue weighted by atomic mass is 10.1. The number of anilines is 1. The van der Waals surface area contributed by atoms with Gasteiger partial charge >= 0.3 is 0 Å². The number of carbonyl (C=O) groups excluding carboxylic acids is 1. The third-order valence-electron chi connectivity index (χ3n) is 4.39. The van der Waals surface area contributed by atoms with Crippen LogP contribution in [0.2, 0.25) is 0 Å². The van der Waals surface area contributed by atoms with E-state index in [1.165, 1.54) is 32.3 Å². The van der Waals surface area contributed by atoms with E-state index < -0.39 is 21.7 Å². The smallest absolute Gasteiger partial charge is 0.279 e. The van der Waals surface area contributed by atoms with E-state index in [9.17, 15) is 22.0 Å². The zero-order valence-corrected chi connectivity index (χ0v) is 17.0. The molecule has 1 amide bonds. The second kappa shape index (κ2) is 8.76. The van der Waals surface area contributed by atoms with Crippen LogP contribution in [-0.2, 0) is 14.8 Å². The summed E-state index contributed by atoms with van der Waals surface area (Å²) in [4.78, 5) is 12.4. The quantitative estimate of drug-likeness (QED) is 0.727. The summed E-state index contributed by atoms with van der Waals surface area (Å²) in [6.45, 7) is 3.56. The molecule has 1 atom stereocenters. The monoisotopic (exact) mass is 412 g/mol. The summed E-state index contributed by atoms with van der Waals surface area (Å²) in [5, 5.41) is 4.38. The average molecular weight is 412 g/mol. The number of nitrogens with zero attached hydrogens (tertiary/aromatic N) is 1. The van der Waals surface area contributed by atoms with E-state index in [1.807, 2.05) is 0 Å². The van der Waals surface area contributed by atoms with Crippen molar-refractivity contribution in [1.29, 1.82) is 0 Å². The number of amides is 1. The number of sulfonamides is 1. The highest BCUT2D eigenvalue weighted by atomic mass is 32.2. The minimum absolute atomic E-state index is 0.0320. The van der Waals surface area contributed by atoms with E-state index in [4.69, 9.17) is 0 Å². The number of aryl methyl sites for hydroxylation is 1. The van der Waals surface area contributed by atoms with Crippen LogP contribution in [0.4, 0.5) is 14.5 Å². The van der Waals surface area contributed by atoms with E-state index in [1.54, 1.807) is 25.2 Å². The number of quaternary nitrogens is 1. The van der Waals surface area contributed by atoms with Crippen molar-refractivity contribution in [2.75, 3.05) is 26.0 Å². The summed E-state index contributed by atoms with van der Waals surface area (Å²) in [5.74, 6) is -2.19. The molecule has 2 aromatic carbocycles. The van der Waals surface area contributed by atoms with Crippen LogP contribution in [-0.4, -0.2) is 39.3 Å². The van der Waals surface area contributed by atoms with Gasteiger partial charge in [-0.1, -0.05) is 6.07 Å². The molecule has 6 nitrogen and oxygen atoms in total. The SMILES string of the molecule is Cc1ccc(S(=O)(=O)N(C)C)cc1NC(=O)C[NH2+][C@H](C)c1ccc(F)c(F)c1. The number of rotatable bonds is 7. The van der Waals surface area contributed by atoms with Crippen LogP contribution in [0.3, 0.4) is 0 Å². The van der Waals surface area contributed by atoms with E-state index >= 15 is 0 Å². The van der Waals surface area contributed by atoms with Gasteiger partial charge in [0.25, 0.3) is 5.91 Å². The number of halogens is 2. The largest absolute Gasteiger partial charge is 0.333 e. The number of benzene rings is 2. The Balaban J connectivity index is 2.05. The third kappa shape index (κ3) is 5.12. The summed E-state index contributed by atoms with van der Waals surface area (Å²) >= 11 is 0. The predicted octanol–water partition coefficient (Wildman–Crippen LogP) is 1.79. The Bertz CT molecular complexity index is 978. The second-order valence-electron chi connectivity index (χ2n) is 6.71. The van der Waals surface area contributed by atoms with E-state index in [0.717, 1.165) is 22.0 Å². The number of carbonyl (C=O) groups is 1. The molecule has 0 aromatic heterocycles. The van der Waals surface area contributed by atoms with Crippen molar-refractivity contribution in [1.82, 2.24) is 4.31 Å². The molecular formula is C19H24F2N3O3S+. The van der Waals surface area contributed by atoms with Gasteiger partial charge in [0.1, 0.15) is 6.04 Å². The second-order valence-corrected chi connectivity index (χ2v) is 8.87. The maximum absolute atomic E-state index is 13.3. The van der Waals surface area contributed by atoms with E-state index in [2.05, 4.69) is 5.32 Å². The molecule has 0 aliphatic heterocycles. The Kier molecular flexibility index (Phi) is 6.87. The molecule has 0 heterocycles. The Morgan fingerprint density at radius 3 is 2.43 bits per heavy atom. The normalized spacial score (nSPS) is 12.8. The Hall–Kier alpha value is -2.36. The lowest BCUT2D eigenvalue weighted by molar-refractivity contribution is -0.682. The molecule has 0 radical (unpaired) electrons. The van der Waals surface area contributed by atoms with Crippen molar-refractivity contribution in [2.45, 2.75) is 24.8 Å². The first kappa shape index (κ1) is 21.9. The van der Waals surface area contributed by atoms with E-state index in [0.29, 0.717) is 11.3 Å². The molecule has 2 aromatic rings. The standard InChI is InChI=1S/C19H23F2N3O3S/c1-12-5-7-15(28(26,27)24(3)4)10-18(12)23-19(25)11-22-13(2)14-6-8-16(20)17(21)9-14/h5-10,13,22H,11H2,1-4H3,(H,23,25)/p+1/t13-/m1/s1. The van der Waals surface area contributed by atoms with Crippen molar-refractivity contribution >= 4 is 21.6 Å². The maximum atomic E-state index is 13.3. The van der Waals surface area contributed by atoms with Crippen LogP contribution in [0.1, 0.15) is 24.1 Å². The number of hydrogen-bond acceptors (Lipinski definition) is 3. The zero-order valence-electron chi connectivity index (χ0n) is 16.2. The number of nitrogens with two attached hydrogens (primary N) is 1. The average Bonchev–Trinajstić information content (AvgIpc) is 2.63. The van der Waals surface area contributed by atoms with Crippen LogP contribution in [0, 0.1) is 18.6 Å². The maximum Gasteiger partial charge on any atom is 0.279 e. The number of hydrogen-bond donors (Lipinski definition) is 2. The van der Waals surface area contributed by atoms with Gasteiger partial charge in [-0.3, -0.25) is 4.79 Å². The molecule has 3 N–H and O–H groups in total. The molecule has 0 saturated carbocycles. The summed E-state index contributed by atoms with van der Waals surface area (Å²) < 4.78 is 52.0. The van der Waals surface area contributed by atoms with Crippen LogP contribution >= 0.6 is 0 Å². The van der Waals surface area contributed by atoms with Crippen molar-refractivity contribution in [3.05, 3.63) is 59.2 Å². The van der Waals surface area contributed by atoms with Gasteiger partial charge in [0.2, 0.25) is 10.0 Å². The van der Waals surface area contributed by atoms with Crippen LogP contribution in [0.5, 0.6) is 0 Å². The predicted molar refractivity (Wildman–Crippen MR) is 102 cm³/mol. The molecule has 2 rings (SSSR count). The summed E-state index contributed by atoms with van der Waals surface area (Å²) in [6.07, 6.45) is 0. The first-order valence-electron chi connectivity index (χ1n) is 8.63. The first-order chi connectivity index (χ1) is 13.0. The molecule has 0 fully saturated rings. The summed E-state index contributed by atoms with van der Waals surface area (Å²) in [5.41, 5.74) is 1.68. The first-order valence-corrected chi connectivity index (χ1v) is 10.1. The molecule has 28 heavy (non-hydrogen) atoms. The Morgan fingerprint density at radius 1 is 1.14 bits per heavy atom. The van der Waals surface area contributed by atoms with Crippen molar-refractivity contribution in [3.63, 3.8) is 0 Å². The summed E-state index contributed by atoms with van der Waals surface area (Å²) in [6, 6.07) is 7.89. The molecule has 0 aliphatic carbocycles. The molecule has 0 saturated heterocycles. The fraction of sp³-hybridized carbons (Fsp3) is 0.316. The fourth-order valence-electron chi connectivity index (χ4n) is 2.52. The lowest BCUT2D eigenvalue weighted by Gasteiger charge is -2.15. The van der Waals surface area contributed by atoms with Gasteiger partial charge in [-0.05, 0) is 49.7 Å². The van der Waals surface area contributed by atoms with Crippen LogP contribution in [0.25, 0.3) is 0 Å². The van der Waals surface area contributed by atoms with E-state index in [-0.39, 0.29) is 23.4 Å². The minimum atomic E-state index is -3.61. The van der Waals surface area contributed by atoms with Crippen LogP contribution in [0.15, 0.2) is 41.3 Å². The van der Waals surface area contributed by atoms with Gasteiger partial charge in [0.05, 0.1) is 4.90 Å². The molecule has 9 heteroatoms. The van der Waals surface area contributed by atoms with Gasteiger partial charge in [0.15, 0.2) is 18.2 Å². The summed E-state index contributed by atoms with van der Waals surface area (Å²) in [7, 11) is -0.748.